The summed E-state index contributed by atoms with van der Waals surface area (Å²) in [5, 5.41) is 100. The smallest absolute Gasteiger partial charge is 0.326 e. The second-order valence-electron chi connectivity index (χ2n) is 27.5. The number of nitrogens with two attached hydrogens (primary N) is 8. The van der Waals surface area contributed by atoms with Crippen LogP contribution in [0.25, 0.3) is 0 Å². The molecule has 0 aromatic heterocycles. The van der Waals surface area contributed by atoms with Gasteiger partial charge in [-0.1, -0.05) is 24.3 Å². The lowest BCUT2D eigenvalue weighted by Gasteiger charge is -2.33. The lowest BCUT2D eigenvalue weighted by Crippen LogP contribution is -2.64. The van der Waals surface area contributed by atoms with Gasteiger partial charge >= 0.3 is 5.97 Å². The van der Waals surface area contributed by atoms with E-state index < -0.39 is 202 Å². The monoisotopic (exact) mass is 1650 g/mol. The molecule has 0 fully saturated rings. The molecule has 2 aromatic carbocycles. The molecule has 0 aliphatic heterocycles. The van der Waals surface area contributed by atoms with Gasteiger partial charge in [0.1, 0.15) is 90.0 Å². The Bertz CT molecular complexity index is 3550. The molecule has 0 heterocycles. The summed E-state index contributed by atoms with van der Waals surface area (Å²) in [4.78, 5) is 194. The summed E-state index contributed by atoms with van der Waals surface area (Å²) >= 11 is 8.79. The molecule has 2 rings (SSSR count). The standard InChI is InChI=1S/C69H116N24O19S2/c1-34(94)51(75)63(108)88-46(30-36-14-18-38(96)19-15-36)61(106)93-53(69(3,4)114)65(110)89-47(32-50(74)98)60(105)84-42(12-8-28-80-67(76)77)55(100)85-45(23-27-73)59(104)92-52(35(2)95)64(109)87-41(11-7-25-71)54(99)82-40(10-5-6-24-70)57(102)91-49(33-113)62(107)86-44(22-26-72)58(103)83-43(13-9-29-81-68(78)79)56(101)90-48(66(111)112)31-37-16-20-39(97)21-17-37/h14-21,34-35,40-49,51-53,94-97,113-114H,5-13,22-33,70-73,75H2,1-4H3,(H2,74,98)(H,82,99)(H,83,103)(H,84,105)(H,85,100)(H,86,107)(H,87,109)(H,88,108)(H,89,110)(H,90,101)(H,91,102)(H,92,104)(H,93,106)(H,111,112)(H4,76,77,80)(H4,78,79,81)/t34-,35-,40+,41-,42+,43+,44+,45+,46+,47+,48+,49+,51+,52+,53-/m1/s1. The number of carbonyl (C=O) groups is 14. The topological polar surface area (TPSA) is 764 Å². The number of aromatic hydroxyl groups is 2. The number of benzene rings is 2. The van der Waals surface area contributed by atoms with Crippen LogP contribution in [-0.2, 0) is 80.0 Å². The largest absolute Gasteiger partial charge is 0.508 e. The normalized spacial score (nSPS) is 15.2. The van der Waals surface area contributed by atoms with E-state index in [4.69, 9.17) is 56.7 Å². The fourth-order valence-electron chi connectivity index (χ4n) is 10.9. The number of carboxylic acid groups (broad SMARTS) is 1. The summed E-state index contributed by atoms with van der Waals surface area (Å²) in [6, 6.07) is -9.85. The predicted octanol–water partition coefficient (Wildman–Crippen LogP) is -9.52. The molecule has 0 unspecified atom stereocenters. The fraction of sp³-hybridized carbons (Fsp3) is 0.594. The van der Waals surface area contributed by atoms with E-state index in [9.17, 15) is 92.7 Å². The van der Waals surface area contributed by atoms with Crippen molar-refractivity contribution >= 4 is 120 Å². The third-order valence-corrected chi connectivity index (χ3v) is 17.9. The van der Waals surface area contributed by atoms with Crippen molar-refractivity contribution in [1.82, 2.24) is 74.4 Å². The number of hydrogen-bond donors (Lipinski definition) is 31. The van der Waals surface area contributed by atoms with Gasteiger partial charge in [-0.3, -0.25) is 73.1 Å². The fourth-order valence-corrected chi connectivity index (χ4v) is 11.4. The van der Waals surface area contributed by atoms with E-state index in [1.165, 1.54) is 69.3 Å². The average molecular weight is 1650 g/mol. The number of unbranched alkanes of at least 4 members (excludes halogenated alkanes) is 1. The number of aliphatic hydroxyl groups is 2. The summed E-state index contributed by atoms with van der Waals surface area (Å²) in [5.74, 6) is -16.7. The molecule has 0 saturated carbocycles. The maximum absolute atomic E-state index is 14.4. The minimum Gasteiger partial charge on any atom is -0.508 e. The van der Waals surface area contributed by atoms with Crippen LogP contribution in [0.1, 0.15) is 116 Å². The molecule has 45 heteroatoms. The molecule has 0 radical (unpaired) electrons. The second-order valence-corrected chi connectivity index (χ2v) is 29.0. The molecule has 0 aliphatic carbocycles. The van der Waals surface area contributed by atoms with Gasteiger partial charge in [-0.2, -0.15) is 25.3 Å². The number of carboxylic acids is 1. The van der Waals surface area contributed by atoms with E-state index in [0.29, 0.717) is 17.5 Å². The minimum absolute atomic E-state index is 0.0389. The Balaban J connectivity index is 2.46. The van der Waals surface area contributed by atoms with Gasteiger partial charge in [0.25, 0.3) is 0 Å². The number of rotatable bonds is 54. The number of nitrogens with one attached hydrogen (secondary N) is 16. The summed E-state index contributed by atoms with van der Waals surface area (Å²) < 4.78 is -1.51. The summed E-state index contributed by atoms with van der Waals surface area (Å²) in [7, 11) is 0. The molecule has 0 aliphatic rings. The number of aliphatic hydroxyl groups excluding tert-OH is 2. The highest BCUT2D eigenvalue weighted by atomic mass is 32.1. The molecule has 13 amide bonds. The van der Waals surface area contributed by atoms with Gasteiger partial charge in [0.15, 0.2) is 11.9 Å². The Kier molecular flexibility index (Phi) is 44.9. The Morgan fingerprint density at radius 2 is 0.746 bits per heavy atom. The van der Waals surface area contributed by atoms with E-state index in [1.54, 1.807) is 0 Å². The van der Waals surface area contributed by atoms with Crippen molar-refractivity contribution in [1.29, 1.82) is 10.8 Å². The summed E-state index contributed by atoms with van der Waals surface area (Å²) in [6.07, 6.45) is -5.24. The number of carbonyl (C=O) groups excluding carboxylic acids is 13. The van der Waals surface area contributed by atoms with Gasteiger partial charge in [-0.25, -0.2) is 4.79 Å². The molecule has 37 N–H and O–H groups in total. The first-order valence-corrected chi connectivity index (χ1v) is 37.8. The number of phenolic OH excluding ortho intramolecular Hbond substituents is 2. The van der Waals surface area contributed by atoms with Crippen LogP contribution in [0, 0.1) is 10.8 Å². The lowest BCUT2D eigenvalue weighted by atomic mass is 9.99. The number of guanidine groups is 2. The zero-order chi connectivity index (χ0) is 86.1. The van der Waals surface area contributed by atoms with Crippen molar-refractivity contribution in [2.75, 3.05) is 45.0 Å². The number of phenols is 2. The molecule has 0 spiro atoms. The molecule has 43 nitrogen and oxygen atoms in total. The van der Waals surface area contributed by atoms with Crippen LogP contribution < -0.4 is 120 Å². The maximum Gasteiger partial charge on any atom is 0.326 e. The number of hydrogen-bond acceptors (Lipinski definition) is 27. The quantitative estimate of drug-likeness (QED) is 0.0127. The first-order chi connectivity index (χ1) is 53.6. The van der Waals surface area contributed by atoms with Gasteiger partial charge in [0.05, 0.1) is 18.6 Å². The van der Waals surface area contributed by atoms with Crippen molar-refractivity contribution in [3.8, 4) is 11.5 Å². The highest BCUT2D eigenvalue weighted by Crippen LogP contribution is 2.21. The molecule has 0 saturated heterocycles. The highest BCUT2D eigenvalue weighted by Gasteiger charge is 2.41. The summed E-state index contributed by atoms with van der Waals surface area (Å²) in [5.41, 5.74) is 46.5. The number of primary amides is 1. The molecule has 114 heavy (non-hydrogen) atoms. The third kappa shape index (κ3) is 37.0. The first kappa shape index (κ1) is 99.7. The maximum atomic E-state index is 14.4. The van der Waals surface area contributed by atoms with E-state index in [1.807, 2.05) is 0 Å². The Morgan fingerprint density at radius 3 is 1.11 bits per heavy atom. The number of thiol groups is 2. The van der Waals surface area contributed by atoms with Crippen LogP contribution in [0.2, 0.25) is 0 Å². The molecular weight excluding hydrogens is 1530 g/mol. The third-order valence-electron chi connectivity index (χ3n) is 17.3. The zero-order valence-corrected chi connectivity index (χ0v) is 65.9. The van der Waals surface area contributed by atoms with Crippen molar-refractivity contribution in [3.63, 3.8) is 0 Å². The van der Waals surface area contributed by atoms with Gasteiger partial charge in [-0.15, -0.1) is 0 Å². The van der Waals surface area contributed by atoms with Crippen molar-refractivity contribution in [3.05, 3.63) is 59.7 Å². The minimum atomic E-state index is -1.92. The van der Waals surface area contributed by atoms with E-state index in [-0.39, 0.29) is 128 Å². The number of amides is 13. The Hall–Kier alpha value is -10.4. The van der Waals surface area contributed by atoms with Gasteiger partial charge < -0.3 is 146 Å². The zero-order valence-electron chi connectivity index (χ0n) is 64.1. The van der Waals surface area contributed by atoms with Crippen LogP contribution in [0.15, 0.2) is 48.5 Å². The Labute approximate surface area is 670 Å². The highest BCUT2D eigenvalue weighted by molar-refractivity contribution is 7.81. The van der Waals surface area contributed by atoms with Crippen LogP contribution >= 0.6 is 25.3 Å². The van der Waals surface area contributed by atoms with Crippen LogP contribution in [-0.4, -0.2) is 261 Å². The molecule has 638 valence electrons. The van der Waals surface area contributed by atoms with Gasteiger partial charge in [-0.05, 0) is 160 Å². The van der Waals surface area contributed by atoms with Crippen molar-refractivity contribution in [2.45, 2.75) is 213 Å². The second kappa shape index (κ2) is 51.3. The molecule has 2 aromatic rings. The molecular formula is C69H116N24O19S2. The molecule has 15 atom stereocenters. The number of aliphatic carboxylic acids is 1. The predicted molar refractivity (Wildman–Crippen MR) is 423 cm³/mol. The molecule has 0 bridgehead atoms. The van der Waals surface area contributed by atoms with Crippen LogP contribution in [0.5, 0.6) is 11.5 Å². The lowest BCUT2D eigenvalue weighted by molar-refractivity contribution is -0.142. The first-order valence-electron chi connectivity index (χ1n) is 36.7. The SMILES string of the molecule is C[C@@H](O)[C@H](N)C(=O)N[C@@H](Cc1ccc(O)cc1)C(=O)N[C@H](C(=O)N[C@@H](CC(N)=O)C(=O)N[C@@H](CCCNC(=N)N)C(=O)N[C@@H](CCN)C(=O)N[C@H](C(=O)N[C@H](CCCN)C(=O)N[C@@H](CCCCN)C(=O)N[C@@H](CS)C(=O)N[C@@H](CCN)C(=O)N[C@@H](CCCNC(=N)N)C(=O)N[C@@H](Cc1ccc(O)cc1)C(=O)O)[C@@H](C)O)C(C)(C)S. The van der Waals surface area contributed by atoms with Gasteiger partial charge in [0.2, 0.25) is 76.8 Å². The Morgan fingerprint density at radius 1 is 0.412 bits per heavy atom. The van der Waals surface area contributed by atoms with Crippen molar-refractivity contribution < 1.29 is 92.7 Å². The summed E-state index contributed by atoms with van der Waals surface area (Å²) in [6.45, 7) is 4.69. The van der Waals surface area contributed by atoms with Crippen LogP contribution in [0.4, 0.5) is 0 Å². The van der Waals surface area contributed by atoms with E-state index in [0.717, 1.165) is 6.92 Å². The van der Waals surface area contributed by atoms with E-state index in [2.05, 4.69) is 99.7 Å². The average Bonchev–Trinajstić information content (AvgIpc) is 0.826. The van der Waals surface area contributed by atoms with Crippen molar-refractivity contribution in [2.24, 2.45) is 45.9 Å². The van der Waals surface area contributed by atoms with Gasteiger partial charge in [0, 0.05) is 36.4 Å². The van der Waals surface area contributed by atoms with Crippen LogP contribution in [0.3, 0.4) is 0 Å². The van der Waals surface area contributed by atoms with E-state index >= 15 is 0 Å².